The van der Waals surface area contributed by atoms with Gasteiger partial charge in [-0.15, -0.1) is 0 Å². The monoisotopic (exact) mass is 374 g/mol. The maximum atomic E-state index is 10.5. The predicted molar refractivity (Wildman–Crippen MR) is 90.7 cm³/mol. The summed E-state index contributed by atoms with van der Waals surface area (Å²) in [6, 6.07) is 3.56. The van der Waals surface area contributed by atoms with Crippen molar-refractivity contribution in [3.8, 4) is 5.75 Å². The fraction of sp³-hybridized carbons (Fsp3) is 0.294. The zero-order valence-electron chi connectivity index (χ0n) is 12.6. The average molecular weight is 375 g/mol. The molecule has 2 heterocycles. The van der Waals surface area contributed by atoms with Crippen molar-refractivity contribution in [2.45, 2.75) is 32.6 Å². The minimum Gasteiger partial charge on any atom is -0.506 e. The Morgan fingerprint density at radius 2 is 2.13 bits per heavy atom. The molecule has 1 aliphatic rings. The van der Waals surface area contributed by atoms with Crippen molar-refractivity contribution < 1.29 is 14.0 Å². The highest BCUT2D eigenvalue weighted by Crippen LogP contribution is 2.40. The largest absolute Gasteiger partial charge is 0.506 e. The number of aryl methyl sites for hydroxylation is 3. The summed E-state index contributed by atoms with van der Waals surface area (Å²) in [6.07, 6.45) is 5.82. The summed E-state index contributed by atoms with van der Waals surface area (Å²) in [6.45, 7) is 1.81. The highest BCUT2D eigenvalue weighted by atomic mass is 79.9. The van der Waals surface area contributed by atoms with Gasteiger partial charge in [0.15, 0.2) is 5.82 Å². The molecule has 1 N–H and O–H groups in total. The SMILES string of the molecule is Cc1cc(N=Cc2c(O)c(Br)cc3oc4c(c23)CCCC4)no1. The van der Waals surface area contributed by atoms with E-state index in [0.717, 1.165) is 42.4 Å². The van der Waals surface area contributed by atoms with Gasteiger partial charge in [-0.3, -0.25) is 0 Å². The van der Waals surface area contributed by atoms with Crippen LogP contribution < -0.4 is 0 Å². The van der Waals surface area contributed by atoms with E-state index in [4.69, 9.17) is 8.94 Å². The van der Waals surface area contributed by atoms with Crippen LogP contribution in [0.25, 0.3) is 11.0 Å². The van der Waals surface area contributed by atoms with Crippen LogP contribution in [-0.4, -0.2) is 16.5 Å². The number of hydrogen-bond donors (Lipinski definition) is 1. The van der Waals surface area contributed by atoms with Gasteiger partial charge in [-0.2, -0.15) is 0 Å². The van der Waals surface area contributed by atoms with Gasteiger partial charge in [-0.1, -0.05) is 5.16 Å². The summed E-state index contributed by atoms with van der Waals surface area (Å²) in [4.78, 5) is 4.33. The summed E-state index contributed by atoms with van der Waals surface area (Å²) in [7, 11) is 0. The second-order valence-corrected chi connectivity index (χ2v) is 6.61. The molecule has 0 saturated carbocycles. The molecule has 0 radical (unpaired) electrons. The molecule has 0 amide bonds. The number of rotatable bonds is 2. The standard InChI is InChI=1S/C17H15BrN2O3/c1-9-6-15(20-23-9)19-8-11-16-10-4-2-3-5-13(10)22-14(16)7-12(18)17(11)21/h6-8,21H,2-5H2,1H3. The van der Waals surface area contributed by atoms with Gasteiger partial charge in [0.05, 0.1) is 4.47 Å². The predicted octanol–water partition coefficient (Wildman–Crippen LogP) is 4.83. The average Bonchev–Trinajstić information content (AvgIpc) is 3.11. The number of benzene rings is 1. The van der Waals surface area contributed by atoms with Gasteiger partial charge in [-0.05, 0) is 48.2 Å². The van der Waals surface area contributed by atoms with E-state index in [2.05, 4.69) is 26.1 Å². The van der Waals surface area contributed by atoms with Crippen molar-refractivity contribution in [2.24, 2.45) is 4.99 Å². The van der Waals surface area contributed by atoms with Gasteiger partial charge >= 0.3 is 0 Å². The molecule has 23 heavy (non-hydrogen) atoms. The molecule has 0 saturated heterocycles. The molecule has 0 spiro atoms. The van der Waals surface area contributed by atoms with Gasteiger partial charge < -0.3 is 14.0 Å². The molecular formula is C17H15BrN2O3. The van der Waals surface area contributed by atoms with Crippen molar-refractivity contribution in [3.05, 3.63) is 39.3 Å². The summed E-state index contributed by atoms with van der Waals surface area (Å²) in [5.74, 6) is 2.36. The Balaban J connectivity index is 1.91. The molecular weight excluding hydrogens is 360 g/mol. The number of phenols is 1. The second kappa shape index (κ2) is 5.53. The molecule has 0 aliphatic heterocycles. The lowest BCUT2D eigenvalue weighted by Gasteiger charge is -2.10. The summed E-state index contributed by atoms with van der Waals surface area (Å²) in [5.41, 5.74) is 2.62. The van der Waals surface area contributed by atoms with Gasteiger partial charge in [0.25, 0.3) is 0 Å². The van der Waals surface area contributed by atoms with Crippen LogP contribution in [0.15, 0.2) is 30.5 Å². The van der Waals surface area contributed by atoms with Crippen LogP contribution in [0.1, 0.15) is 35.5 Å². The molecule has 0 bridgehead atoms. The molecule has 6 heteroatoms. The number of phenolic OH excluding ortho intramolecular Hbond substituents is 1. The number of aromatic hydroxyl groups is 1. The first-order chi connectivity index (χ1) is 11.1. The molecule has 0 fully saturated rings. The van der Waals surface area contributed by atoms with E-state index < -0.39 is 0 Å². The Bertz CT molecular complexity index is 924. The maximum Gasteiger partial charge on any atom is 0.195 e. The zero-order valence-corrected chi connectivity index (χ0v) is 14.2. The van der Waals surface area contributed by atoms with Gasteiger partial charge in [0.2, 0.25) is 0 Å². The fourth-order valence-electron chi connectivity index (χ4n) is 3.09. The molecule has 1 aliphatic carbocycles. The van der Waals surface area contributed by atoms with Crippen LogP contribution in [0.3, 0.4) is 0 Å². The van der Waals surface area contributed by atoms with Crippen molar-refractivity contribution in [1.29, 1.82) is 0 Å². The Hall–Kier alpha value is -2.08. The Kier molecular flexibility index (Phi) is 3.49. The van der Waals surface area contributed by atoms with Gasteiger partial charge in [-0.25, -0.2) is 4.99 Å². The third-order valence-electron chi connectivity index (χ3n) is 4.15. The fourth-order valence-corrected chi connectivity index (χ4v) is 3.51. The summed E-state index contributed by atoms with van der Waals surface area (Å²) in [5, 5.41) is 15.3. The molecule has 1 aromatic carbocycles. The maximum absolute atomic E-state index is 10.5. The number of aliphatic imine (C=N–C) groups is 1. The number of nitrogens with zero attached hydrogens (tertiary/aromatic N) is 2. The summed E-state index contributed by atoms with van der Waals surface area (Å²) < 4.78 is 11.6. The second-order valence-electron chi connectivity index (χ2n) is 5.76. The van der Waals surface area contributed by atoms with Crippen LogP contribution in [0.5, 0.6) is 5.75 Å². The van der Waals surface area contributed by atoms with E-state index in [1.165, 1.54) is 5.56 Å². The molecule has 5 nitrogen and oxygen atoms in total. The number of aromatic nitrogens is 1. The zero-order chi connectivity index (χ0) is 16.0. The highest BCUT2D eigenvalue weighted by molar-refractivity contribution is 9.10. The van der Waals surface area contributed by atoms with Crippen molar-refractivity contribution in [1.82, 2.24) is 5.16 Å². The number of hydrogen-bond acceptors (Lipinski definition) is 5. The van der Waals surface area contributed by atoms with Crippen LogP contribution in [0.4, 0.5) is 5.82 Å². The number of fused-ring (bicyclic) bond motifs is 3. The molecule has 4 rings (SSSR count). The lowest BCUT2D eigenvalue weighted by atomic mass is 9.94. The highest BCUT2D eigenvalue weighted by Gasteiger charge is 2.22. The van der Waals surface area contributed by atoms with E-state index in [9.17, 15) is 5.11 Å². The van der Waals surface area contributed by atoms with E-state index in [1.54, 1.807) is 12.3 Å². The smallest absolute Gasteiger partial charge is 0.195 e. The first-order valence-electron chi connectivity index (χ1n) is 7.56. The van der Waals surface area contributed by atoms with E-state index in [1.807, 2.05) is 13.0 Å². The quantitative estimate of drug-likeness (QED) is 0.652. The van der Waals surface area contributed by atoms with Crippen LogP contribution in [-0.2, 0) is 12.8 Å². The Morgan fingerprint density at radius 3 is 2.91 bits per heavy atom. The van der Waals surface area contributed by atoms with Crippen molar-refractivity contribution in [3.63, 3.8) is 0 Å². The lowest BCUT2D eigenvalue weighted by molar-refractivity contribution is 0.399. The molecule has 0 unspecified atom stereocenters. The third-order valence-corrected chi connectivity index (χ3v) is 4.75. The van der Waals surface area contributed by atoms with E-state index in [-0.39, 0.29) is 5.75 Å². The van der Waals surface area contributed by atoms with Crippen LogP contribution in [0, 0.1) is 6.92 Å². The van der Waals surface area contributed by atoms with Gasteiger partial charge in [0, 0.05) is 35.2 Å². The minimum atomic E-state index is 0.163. The normalized spacial score (nSPS) is 14.7. The van der Waals surface area contributed by atoms with Gasteiger partial charge in [0.1, 0.15) is 22.9 Å². The topological polar surface area (TPSA) is 71.8 Å². The molecule has 2 aromatic heterocycles. The minimum absolute atomic E-state index is 0.163. The Labute approximate surface area is 141 Å². The number of furan rings is 1. The van der Waals surface area contributed by atoms with Crippen molar-refractivity contribution >= 4 is 38.9 Å². The lowest BCUT2D eigenvalue weighted by Crippen LogP contribution is -1.99. The molecule has 3 aromatic rings. The van der Waals surface area contributed by atoms with E-state index >= 15 is 0 Å². The molecule has 118 valence electrons. The van der Waals surface area contributed by atoms with Crippen LogP contribution in [0.2, 0.25) is 0 Å². The Morgan fingerprint density at radius 1 is 1.30 bits per heavy atom. The first-order valence-corrected chi connectivity index (χ1v) is 8.36. The van der Waals surface area contributed by atoms with Crippen molar-refractivity contribution in [2.75, 3.05) is 0 Å². The number of halogens is 1. The molecule has 0 atom stereocenters. The van der Waals surface area contributed by atoms with Crippen LogP contribution >= 0.6 is 15.9 Å². The first kappa shape index (κ1) is 14.5. The third kappa shape index (κ3) is 2.47. The summed E-state index contributed by atoms with van der Waals surface area (Å²) >= 11 is 3.39. The van der Waals surface area contributed by atoms with E-state index in [0.29, 0.717) is 21.6 Å².